The number of nitrogen functional groups attached to an aromatic ring is 2. The molecule has 1 aliphatic carbocycles. The number of nitrogens with two attached hydrogens (primary N) is 2. The average Bonchev–Trinajstić information content (AvgIpc) is 2.76. The molecule has 126 valence electrons. The van der Waals surface area contributed by atoms with Gasteiger partial charge in [-0.25, -0.2) is 8.78 Å². The molecule has 0 unspecified atom stereocenters. The van der Waals surface area contributed by atoms with Gasteiger partial charge in [0, 0.05) is 16.6 Å². The number of carbonyl (C=O) groups is 1. The second-order valence-electron chi connectivity index (χ2n) is 6.02. The molecule has 2 aromatic rings. The number of hydrogen-bond donors (Lipinski definition) is 4. The van der Waals surface area contributed by atoms with E-state index < -0.39 is 11.6 Å². The van der Waals surface area contributed by atoms with E-state index in [0.29, 0.717) is 11.4 Å². The third-order valence-corrected chi connectivity index (χ3v) is 4.86. The van der Waals surface area contributed by atoms with Crippen LogP contribution >= 0.6 is 12.6 Å². The summed E-state index contributed by atoms with van der Waals surface area (Å²) in [4.78, 5) is 12.1. The highest BCUT2D eigenvalue weighted by molar-refractivity contribution is 7.80. The number of amides is 1. The zero-order valence-corrected chi connectivity index (χ0v) is 13.7. The number of thiol groups is 1. The molecule has 24 heavy (non-hydrogen) atoms. The van der Waals surface area contributed by atoms with E-state index in [9.17, 15) is 13.6 Å². The van der Waals surface area contributed by atoms with E-state index in [2.05, 4.69) is 17.9 Å². The maximum absolute atomic E-state index is 12.3. The maximum Gasteiger partial charge on any atom is 0.235 e. The van der Waals surface area contributed by atoms with Crippen molar-refractivity contribution >= 4 is 35.6 Å². The first-order valence-electron chi connectivity index (χ1n) is 7.48. The monoisotopic (exact) mass is 349 g/mol. The van der Waals surface area contributed by atoms with E-state index in [1.54, 1.807) is 6.07 Å². The lowest BCUT2D eigenvalue weighted by molar-refractivity contribution is -0.123. The Kier molecular flexibility index (Phi) is 4.13. The van der Waals surface area contributed by atoms with Gasteiger partial charge in [0.15, 0.2) is 0 Å². The molecule has 2 aromatic carbocycles. The third kappa shape index (κ3) is 2.69. The molecule has 1 saturated carbocycles. The van der Waals surface area contributed by atoms with Gasteiger partial charge in [0.1, 0.15) is 11.6 Å². The smallest absolute Gasteiger partial charge is 0.235 e. The lowest BCUT2D eigenvalue weighted by Gasteiger charge is -2.36. The van der Waals surface area contributed by atoms with E-state index in [4.69, 9.17) is 11.5 Å². The molecule has 4 rings (SSSR count). The molecule has 0 radical (unpaired) electrons. The Labute approximate surface area is 143 Å². The lowest BCUT2D eigenvalue weighted by Crippen LogP contribution is -2.40. The van der Waals surface area contributed by atoms with Crippen molar-refractivity contribution in [2.75, 3.05) is 16.8 Å². The van der Waals surface area contributed by atoms with E-state index in [0.717, 1.165) is 42.6 Å². The number of fused-ring (bicyclic) bond motifs is 2. The van der Waals surface area contributed by atoms with Crippen LogP contribution in [0.1, 0.15) is 24.8 Å². The summed E-state index contributed by atoms with van der Waals surface area (Å²) in [6.07, 6.45) is 2.92. The molecule has 0 aromatic heterocycles. The first-order valence-corrected chi connectivity index (χ1v) is 7.93. The van der Waals surface area contributed by atoms with Crippen LogP contribution in [-0.2, 0) is 10.2 Å². The van der Waals surface area contributed by atoms with Gasteiger partial charge in [-0.05, 0) is 42.7 Å². The Bertz CT molecular complexity index is 822. The molecule has 0 saturated heterocycles. The fourth-order valence-electron chi connectivity index (χ4n) is 3.07. The standard InChI is InChI=1S/C11H13N3O.C6H4F2S/c12-6-4-7-9(8(13)5-6)14-10(15)11(7)2-1-3-11;7-4-1-2-6(9)5(8)3-4/h4-5H,1-3,12-13H2,(H,14,15);1-3,9H. The van der Waals surface area contributed by atoms with Gasteiger partial charge in [0.05, 0.1) is 16.8 Å². The van der Waals surface area contributed by atoms with Crippen molar-refractivity contribution in [3.05, 3.63) is 47.5 Å². The average molecular weight is 349 g/mol. The zero-order valence-electron chi connectivity index (χ0n) is 12.8. The Morgan fingerprint density at radius 2 is 1.83 bits per heavy atom. The summed E-state index contributed by atoms with van der Waals surface area (Å²) in [5, 5.41) is 2.87. The van der Waals surface area contributed by atoms with Gasteiger partial charge in [-0.2, -0.15) is 0 Å². The van der Waals surface area contributed by atoms with Crippen molar-refractivity contribution in [1.29, 1.82) is 0 Å². The molecule has 1 heterocycles. The highest BCUT2D eigenvalue weighted by Crippen LogP contribution is 2.53. The van der Waals surface area contributed by atoms with E-state index >= 15 is 0 Å². The van der Waals surface area contributed by atoms with Gasteiger partial charge in [-0.15, -0.1) is 12.6 Å². The van der Waals surface area contributed by atoms with Gasteiger partial charge in [0.2, 0.25) is 5.91 Å². The summed E-state index contributed by atoms with van der Waals surface area (Å²) in [7, 11) is 0. The highest BCUT2D eigenvalue weighted by atomic mass is 32.1. The van der Waals surface area contributed by atoms with E-state index in [-0.39, 0.29) is 16.2 Å². The Morgan fingerprint density at radius 3 is 2.38 bits per heavy atom. The van der Waals surface area contributed by atoms with Gasteiger partial charge >= 0.3 is 0 Å². The normalized spacial score (nSPS) is 16.7. The molecule has 2 aliphatic rings. The minimum absolute atomic E-state index is 0.0843. The molecule has 7 heteroatoms. The summed E-state index contributed by atoms with van der Waals surface area (Å²) < 4.78 is 24.3. The van der Waals surface area contributed by atoms with Crippen LogP contribution in [0.2, 0.25) is 0 Å². The predicted molar refractivity (Wildman–Crippen MR) is 93.0 cm³/mol. The molecule has 1 fully saturated rings. The van der Waals surface area contributed by atoms with Crippen molar-refractivity contribution in [1.82, 2.24) is 0 Å². The number of anilines is 3. The van der Waals surface area contributed by atoms with Crippen molar-refractivity contribution in [3.8, 4) is 0 Å². The fourth-order valence-corrected chi connectivity index (χ4v) is 3.21. The highest BCUT2D eigenvalue weighted by Gasteiger charge is 2.51. The van der Waals surface area contributed by atoms with Crippen LogP contribution in [0.5, 0.6) is 0 Å². The van der Waals surface area contributed by atoms with Gasteiger partial charge in [0.25, 0.3) is 0 Å². The molecule has 4 nitrogen and oxygen atoms in total. The van der Waals surface area contributed by atoms with Crippen molar-refractivity contribution < 1.29 is 13.6 Å². The third-order valence-electron chi connectivity index (χ3n) is 4.50. The Balaban J connectivity index is 0.000000162. The quantitative estimate of drug-likeness (QED) is 0.434. The van der Waals surface area contributed by atoms with Gasteiger partial charge in [-0.3, -0.25) is 4.79 Å². The molecule has 1 aliphatic heterocycles. The zero-order chi connectivity index (χ0) is 17.5. The number of nitrogens with one attached hydrogen (secondary N) is 1. The van der Waals surface area contributed by atoms with Gasteiger partial charge < -0.3 is 16.8 Å². The summed E-state index contributed by atoms with van der Waals surface area (Å²) in [5.74, 6) is -1.12. The molecular weight excluding hydrogens is 332 g/mol. The number of carbonyl (C=O) groups excluding carboxylic acids is 1. The minimum atomic E-state index is -0.627. The maximum atomic E-state index is 12.3. The number of halogens is 2. The molecule has 0 atom stereocenters. The second-order valence-corrected chi connectivity index (χ2v) is 6.50. The molecule has 5 N–H and O–H groups in total. The van der Waals surface area contributed by atoms with Crippen LogP contribution in [0.25, 0.3) is 0 Å². The largest absolute Gasteiger partial charge is 0.399 e. The second kappa shape index (κ2) is 5.98. The van der Waals surface area contributed by atoms with Crippen LogP contribution in [-0.4, -0.2) is 5.91 Å². The van der Waals surface area contributed by atoms with E-state index in [1.807, 2.05) is 6.07 Å². The molecular formula is C17H17F2N3OS. The summed E-state index contributed by atoms with van der Waals surface area (Å²) in [6.45, 7) is 0. The molecule has 1 spiro atoms. The molecule has 0 bridgehead atoms. The van der Waals surface area contributed by atoms with Crippen molar-refractivity contribution in [2.45, 2.75) is 29.6 Å². The first kappa shape index (κ1) is 16.6. The number of hydrogen-bond acceptors (Lipinski definition) is 4. The summed E-state index contributed by atoms with van der Waals surface area (Å²) in [6, 6.07) is 6.79. The predicted octanol–water partition coefficient (Wildman–Crippen LogP) is 3.48. The Morgan fingerprint density at radius 1 is 1.12 bits per heavy atom. The van der Waals surface area contributed by atoms with Crippen molar-refractivity contribution in [3.63, 3.8) is 0 Å². The van der Waals surface area contributed by atoms with Crippen molar-refractivity contribution in [2.24, 2.45) is 0 Å². The Hall–Kier alpha value is -2.28. The van der Waals surface area contributed by atoms with E-state index in [1.165, 1.54) is 6.07 Å². The topological polar surface area (TPSA) is 81.1 Å². The molecule has 1 amide bonds. The number of benzene rings is 2. The SMILES string of the molecule is Fc1ccc(S)c(F)c1.Nc1cc(N)c2c(c1)C1(CCC1)C(=O)N2. The fraction of sp³-hybridized carbons (Fsp3) is 0.235. The van der Waals surface area contributed by atoms with Gasteiger partial charge in [-0.1, -0.05) is 6.42 Å². The summed E-state index contributed by atoms with van der Waals surface area (Å²) in [5.41, 5.74) is 14.3. The first-order chi connectivity index (χ1) is 11.3. The van der Waals surface area contributed by atoms with Crippen LogP contribution in [0.3, 0.4) is 0 Å². The summed E-state index contributed by atoms with van der Waals surface area (Å²) >= 11 is 3.70. The number of rotatable bonds is 0. The lowest BCUT2D eigenvalue weighted by atomic mass is 9.65. The minimum Gasteiger partial charge on any atom is -0.399 e. The van der Waals surface area contributed by atoms with Crippen LogP contribution < -0.4 is 16.8 Å². The van der Waals surface area contributed by atoms with Crippen LogP contribution in [0.4, 0.5) is 25.8 Å². The van der Waals surface area contributed by atoms with Crippen LogP contribution in [0.15, 0.2) is 35.2 Å². The van der Waals surface area contributed by atoms with Crippen LogP contribution in [0, 0.1) is 11.6 Å².